The van der Waals surface area contributed by atoms with Crippen LogP contribution in [0.3, 0.4) is 0 Å². The van der Waals surface area contributed by atoms with E-state index in [2.05, 4.69) is 9.71 Å². The summed E-state index contributed by atoms with van der Waals surface area (Å²) in [5.74, 6) is -0.512. The third kappa shape index (κ3) is 4.17. The lowest BCUT2D eigenvalue weighted by Gasteiger charge is -2.11. The summed E-state index contributed by atoms with van der Waals surface area (Å²) in [6.07, 6.45) is 0. The summed E-state index contributed by atoms with van der Waals surface area (Å²) >= 11 is 1.42. The van der Waals surface area contributed by atoms with Gasteiger partial charge in [-0.1, -0.05) is 53.3 Å². The Labute approximate surface area is 184 Å². The minimum atomic E-state index is -3.84. The molecule has 3 aromatic carbocycles. The van der Waals surface area contributed by atoms with Gasteiger partial charge < -0.3 is 4.57 Å². The highest BCUT2D eigenvalue weighted by Gasteiger charge is 2.18. The summed E-state index contributed by atoms with van der Waals surface area (Å²) in [6, 6.07) is 19.0. The van der Waals surface area contributed by atoms with Gasteiger partial charge in [0.2, 0.25) is 0 Å². The molecule has 0 fully saturated rings. The Balaban J connectivity index is 1.73. The van der Waals surface area contributed by atoms with Gasteiger partial charge in [0.05, 0.1) is 26.4 Å². The first kappa shape index (κ1) is 21.0. The zero-order chi connectivity index (χ0) is 22.2. The molecule has 158 valence electrons. The van der Waals surface area contributed by atoms with Crippen molar-refractivity contribution >= 4 is 43.2 Å². The average molecular weight is 452 g/mol. The van der Waals surface area contributed by atoms with E-state index in [9.17, 15) is 13.2 Å². The third-order valence-electron chi connectivity index (χ3n) is 4.95. The maximum absolute atomic E-state index is 13.0. The van der Waals surface area contributed by atoms with Gasteiger partial charge in [-0.15, -0.1) is 0 Å². The highest BCUT2D eigenvalue weighted by Crippen LogP contribution is 2.22. The number of nitrogens with one attached hydrogen (secondary N) is 1. The molecule has 8 heteroatoms. The van der Waals surface area contributed by atoms with Crippen LogP contribution in [0.1, 0.15) is 21.5 Å². The van der Waals surface area contributed by atoms with Gasteiger partial charge in [0.25, 0.3) is 15.9 Å². The Morgan fingerprint density at radius 1 is 0.968 bits per heavy atom. The lowest BCUT2D eigenvalue weighted by molar-refractivity contribution is 0.0999. The highest BCUT2D eigenvalue weighted by molar-refractivity contribution is 7.92. The van der Waals surface area contributed by atoms with Crippen LogP contribution in [-0.4, -0.2) is 18.9 Å². The molecule has 4 rings (SSSR count). The molecule has 0 spiro atoms. The number of hydrogen-bond acceptors (Lipinski definition) is 4. The van der Waals surface area contributed by atoms with Crippen molar-refractivity contribution in [3.8, 4) is 0 Å². The van der Waals surface area contributed by atoms with Gasteiger partial charge in [0.15, 0.2) is 4.80 Å². The topological polar surface area (TPSA) is 80.5 Å². The Bertz CT molecular complexity index is 1460. The summed E-state index contributed by atoms with van der Waals surface area (Å²) in [4.78, 5) is 18.0. The minimum Gasteiger partial charge on any atom is -0.319 e. The summed E-state index contributed by atoms with van der Waals surface area (Å²) in [5.41, 5.74) is 3.45. The smallest absolute Gasteiger partial charge is 0.281 e. The molecule has 0 saturated carbocycles. The molecular weight excluding hydrogens is 430 g/mol. The second kappa shape index (κ2) is 8.13. The van der Waals surface area contributed by atoms with E-state index in [0.717, 1.165) is 21.3 Å². The fraction of sp³-hybridized carbons (Fsp3) is 0.130. The number of amides is 1. The summed E-state index contributed by atoms with van der Waals surface area (Å²) in [7, 11) is -1.97. The lowest BCUT2D eigenvalue weighted by atomic mass is 10.2. The van der Waals surface area contributed by atoms with E-state index < -0.39 is 15.9 Å². The number of carbonyl (C=O) groups excluding carboxylic acids is 1. The largest absolute Gasteiger partial charge is 0.319 e. The number of nitrogens with zero attached hydrogens (tertiary/aromatic N) is 2. The van der Waals surface area contributed by atoms with Crippen LogP contribution in [0.25, 0.3) is 10.2 Å². The molecule has 1 heterocycles. The van der Waals surface area contributed by atoms with E-state index in [-0.39, 0.29) is 16.1 Å². The van der Waals surface area contributed by atoms with Gasteiger partial charge >= 0.3 is 0 Å². The van der Waals surface area contributed by atoms with Gasteiger partial charge in [-0.2, -0.15) is 4.99 Å². The summed E-state index contributed by atoms with van der Waals surface area (Å²) < 4.78 is 31.0. The van der Waals surface area contributed by atoms with E-state index in [1.54, 1.807) is 36.4 Å². The average Bonchev–Trinajstić information content (AvgIpc) is 3.05. The number of aryl methyl sites for hydroxylation is 3. The van der Waals surface area contributed by atoms with Crippen molar-refractivity contribution in [1.29, 1.82) is 0 Å². The number of benzene rings is 3. The van der Waals surface area contributed by atoms with Crippen molar-refractivity contribution in [2.24, 2.45) is 12.0 Å². The maximum atomic E-state index is 13.0. The summed E-state index contributed by atoms with van der Waals surface area (Å²) in [5, 5.41) is 0. The van der Waals surface area contributed by atoms with Crippen molar-refractivity contribution in [3.05, 3.63) is 88.2 Å². The van der Waals surface area contributed by atoms with Crippen LogP contribution >= 0.6 is 11.3 Å². The van der Waals surface area contributed by atoms with Crippen molar-refractivity contribution in [3.63, 3.8) is 0 Å². The molecule has 31 heavy (non-hydrogen) atoms. The molecule has 0 unspecified atom stereocenters. The minimum absolute atomic E-state index is 0.128. The molecule has 6 nitrogen and oxygen atoms in total. The fourth-order valence-corrected chi connectivity index (χ4v) is 5.51. The number of hydrogen-bond donors (Lipinski definition) is 1. The Hall–Kier alpha value is -3.23. The van der Waals surface area contributed by atoms with Crippen molar-refractivity contribution in [2.45, 2.75) is 18.7 Å². The number of aromatic nitrogens is 1. The van der Waals surface area contributed by atoms with Crippen LogP contribution in [0, 0.1) is 13.8 Å². The van der Waals surface area contributed by atoms with Gasteiger partial charge in [0, 0.05) is 7.05 Å². The molecule has 0 aliphatic heterocycles. The van der Waals surface area contributed by atoms with E-state index in [1.807, 2.05) is 43.7 Å². The van der Waals surface area contributed by atoms with Crippen LogP contribution in [0.4, 0.5) is 5.69 Å². The molecule has 0 aliphatic rings. The van der Waals surface area contributed by atoms with E-state index in [4.69, 9.17) is 0 Å². The quantitative estimate of drug-likeness (QED) is 0.499. The normalized spacial score (nSPS) is 12.3. The van der Waals surface area contributed by atoms with E-state index >= 15 is 0 Å². The van der Waals surface area contributed by atoms with Gasteiger partial charge in [-0.3, -0.25) is 9.52 Å². The van der Waals surface area contributed by atoms with Crippen molar-refractivity contribution < 1.29 is 13.2 Å². The number of sulfonamides is 1. The molecular formula is C23H21N3O3S2. The number of carbonyl (C=O) groups is 1. The Morgan fingerprint density at radius 2 is 1.68 bits per heavy atom. The zero-order valence-electron chi connectivity index (χ0n) is 17.3. The van der Waals surface area contributed by atoms with Crippen LogP contribution < -0.4 is 9.52 Å². The van der Waals surface area contributed by atoms with E-state index in [0.29, 0.717) is 4.80 Å². The van der Waals surface area contributed by atoms with Crippen molar-refractivity contribution in [1.82, 2.24) is 4.57 Å². The van der Waals surface area contributed by atoms with Crippen LogP contribution in [0.2, 0.25) is 0 Å². The SMILES string of the molecule is Cc1ccc(S(=O)(=O)Nc2ccccc2C(=O)N=c2sc3cccc(C)c3n2C)cc1. The number of rotatable bonds is 4. The molecule has 1 N–H and O–H groups in total. The first-order valence-electron chi connectivity index (χ1n) is 9.59. The lowest BCUT2D eigenvalue weighted by Crippen LogP contribution is -2.17. The second-order valence-electron chi connectivity index (χ2n) is 7.25. The number of fused-ring (bicyclic) bond motifs is 1. The molecule has 0 aliphatic carbocycles. The van der Waals surface area contributed by atoms with Crippen LogP contribution in [0.5, 0.6) is 0 Å². The summed E-state index contributed by atoms with van der Waals surface area (Å²) in [6.45, 7) is 3.89. The van der Waals surface area contributed by atoms with Crippen molar-refractivity contribution in [2.75, 3.05) is 4.72 Å². The molecule has 0 bridgehead atoms. The first-order valence-corrected chi connectivity index (χ1v) is 11.9. The predicted octanol–water partition coefficient (Wildman–Crippen LogP) is 4.40. The first-order chi connectivity index (χ1) is 14.8. The number of anilines is 1. The molecule has 0 atom stereocenters. The van der Waals surface area contributed by atoms with Crippen LogP contribution in [-0.2, 0) is 17.1 Å². The highest BCUT2D eigenvalue weighted by atomic mass is 32.2. The monoisotopic (exact) mass is 451 g/mol. The van der Waals surface area contributed by atoms with Gasteiger partial charge in [-0.05, 0) is 49.7 Å². The number of para-hydroxylation sites is 2. The second-order valence-corrected chi connectivity index (χ2v) is 9.94. The Morgan fingerprint density at radius 3 is 2.39 bits per heavy atom. The van der Waals surface area contributed by atoms with Gasteiger partial charge in [0.1, 0.15) is 0 Å². The predicted molar refractivity (Wildman–Crippen MR) is 124 cm³/mol. The molecule has 0 radical (unpaired) electrons. The van der Waals surface area contributed by atoms with Crippen LogP contribution in [0.15, 0.2) is 76.6 Å². The molecule has 0 saturated heterocycles. The fourth-order valence-electron chi connectivity index (χ4n) is 3.33. The Kier molecular flexibility index (Phi) is 5.51. The third-order valence-corrected chi connectivity index (χ3v) is 7.43. The van der Waals surface area contributed by atoms with E-state index in [1.165, 1.54) is 23.5 Å². The standard InChI is InChI=1S/C23H21N3O3S2/c1-15-11-13-17(14-12-15)31(28,29)25-19-9-5-4-8-18(19)22(27)24-23-26(3)21-16(2)7-6-10-20(21)30-23/h4-14,25H,1-3H3. The zero-order valence-corrected chi connectivity index (χ0v) is 18.9. The maximum Gasteiger partial charge on any atom is 0.281 e. The molecule has 4 aromatic rings. The number of thiazole rings is 1. The molecule has 1 aromatic heterocycles. The molecule has 1 amide bonds. The van der Waals surface area contributed by atoms with Gasteiger partial charge in [-0.25, -0.2) is 8.42 Å².